The Morgan fingerprint density at radius 3 is 2.80 bits per heavy atom. The SMILES string of the molecule is C[C@H](COS(C)(=O)=O)CN1CCC(c2noc3cc(F)ccc23)CC1. The van der Waals surface area contributed by atoms with Crippen molar-refractivity contribution >= 4 is 21.1 Å². The Bertz CT molecular complexity index is 828. The Morgan fingerprint density at radius 1 is 1.40 bits per heavy atom. The van der Waals surface area contributed by atoms with Crippen LogP contribution >= 0.6 is 0 Å². The molecule has 8 heteroatoms. The van der Waals surface area contributed by atoms with Gasteiger partial charge in [-0.15, -0.1) is 0 Å². The Morgan fingerprint density at radius 2 is 2.12 bits per heavy atom. The van der Waals surface area contributed by atoms with E-state index in [4.69, 9.17) is 8.71 Å². The summed E-state index contributed by atoms with van der Waals surface area (Å²) in [5.74, 6) is 0.114. The summed E-state index contributed by atoms with van der Waals surface area (Å²) in [4.78, 5) is 2.31. The minimum absolute atomic E-state index is 0.141. The van der Waals surface area contributed by atoms with Crippen LogP contribution < -0.4 is 0 Å². The van der Waals surface area contributed by atoms with Crippen molar-refractivity contribution in [1.82, 2.24) is 10.1 Å². The summed E-state index contributed by atoms with van der Waals surface area (Å²) in [7, 11) is -3.39. The van der Waals surface area contributed by atoms with Crippen molar-refractivity contribution in [3.63, 3.8) is 0 Å². The minimum Gasteiger partial charge on any atom is -0.356 e. The van der Waals surface area contributed by atoms with Gasteiger partial charge in [0.05, 0.1) is 18.6 Å². The van der Waals surface area contributed by atoms with Crippen LogP contribution in [0.25, 0.3) is 11.0 Å². The number of halogens is 1. The highest BCUT2D eigenvalue weighted by Gasteiger charge is 2.26. The summed E-state index contributed by atoms with van der Waals surface area (Å²) < 4.78 is 45.5. The Balaban J connectivity index is 1.54. The molecule has 0 spiro atoms. The first-order valence-corrected chi connectivity index (χ1v) is 10.2. The molecule has 3 rings (SSSR count). The van der Waals surface area contributed by atoms with Gasteiger partial charge in [-0.05, 0) is 44.0 Å². The second-order valence-corrected chi connectivity index (χ2v) is 8.52. The lowest BCUT2D eigenvalue weighted by atomic mass is 9.91. The number of fused-ring (bicyclic) bond motifs is 1. The first-order valence-electron chi connectivity index (χ1n) is 8.43. The quantitative estimate of drug-likeness (QED) is 0.728. The van der Waals surface area contributed by atoms with Crippen molar-refractivity contribution in [1.29, 1.82) is 0 Å². The van der Waals surface area contributed by atoms with Gasteiger partial charge in [0.25, 0.3) is 10.1 Å². The van der Waals surface area contributed by atoms with E-state index in [1.807, 2.05) is 6.92 Å². The topological polar surface area (TPSA) is 72.6 Å². The number of aromatic nitrogens is 1. The molecule has 0 amide bonds. The summed E-state index contributed by atoms with van der Waals surface area (Å²) in [5, 5.41) is 5.04. The molecule has 1 aliphatic heterocycles. The molecular formula is C17H23FN2O4S. The lowest BCUT2D eigenvalue weighted by Crippen LogP contribution is -2.37. The number of rotatable bonds is 6. The van der Waals surface area contributed by atoms with Crippen LogP contribution in [0.1, 0.15) is 31.4 Å². The van der Waals surface area contributed by atoms with E-state index in [0.29, 0.717) is 11.5 Å². The largest absolute Gasteiger partial charge is 0.356 e. The molecule has 1 atom stereocenters. The number of hydrogen-bond donors (Lipinski definition) is 0. The predicted molar refractivity (Wildman–Crippen MR) is 92.3 cm³/mol. The van der Waals surface area contributed by atoms with Crippen molar-refractivity contribution in [2.75, 3.05) is 32.5 Å². The van der Waals surface area contributed by atoms with E-state index in [0.717, 1.165) is 49.8 Å². The molecule has 0 aliphatic carbocycles. The molecule has 1 saturated heterocycles. The van der Waals surface area contributed by atoms with Gasteiger partial charge in [0.2, 0.25) is 0 Å². The molecule has 1 fully saturated rings. The molecule has 0 unspecified atom stereocenters. The van der Waals surface area contributed by atoms with Crippen molar-refractivity contribution < 1.29 is 21.5 Å². The minimum atomic E-state index is -3.39. The van der Waals surface area contributed by atoms with Crippen LogP contribution in [-0.2, 0) is 14.3 Å². The second-order valence-electron chi connectivity index (χ2n) is 6.88. The number of benzene rings is 1. The first kappa shape index (κ1) is 18.3. The highest BCUT2D eigenvalue weighted by Crippen LogP contribution is 2.32. The molecule has 1 aromatic heterocycles. The molecule has 138 valence electrons. The fourth-order valence-corrected chi connectivity index (χ4v) is 3.83. The van der Waals surface area contributed by atoms with Gasteiger partial charge in [-0.25, -0.2) is 4.39 Å². The van der Waals surface area contributed by atoms with Crippen molar-refractivity contribution in [3.05, 3.63) is 29.7 Å². The average Bonchev–Trinajstić information content (AvgIpc) is 2.96. The number of hydrogen-bond acceptors (Lipinski definition) is 6. The number of nitrogens with zero attached hydrogens (tertiary/aromatic N) is 2. The third-order valence-electron chi connectivity index (χ3n) is 4.57. The Kier molecular flexibility index (Phi) is 5.41. The second kappa shape index (κ2) is 7.39. The van der Waals surface area contributed by atoms with Gasteiger partial charge >= 0.3 is 0 Å². The van der Waals surface area contributed by atoms with E-state index in [9.17, 15) is 12.8 Å². The Labute approximate surface area is 147 Å². The Hall–Kier alpha value is -1.51. The monoisotopic (exact) mass is 370 g/mol. The van der Waals surface area contributed by atoms with Gasteiger partial charge in [0, 0.05) is 23.9 Å². The molecule has 2 heterocycles. The van der Waals surface area contributed by atoms with Crippen LogP contribution in [-0.4, -0.2) is 51.0 Å². The first-order chi connectivity index (χ1) is 11.8. The molecule has 2 aromatic rings. The molecule has 0 bridgehead atoms. The summed E-state index contributed by atoms with van der Waals surface area (Å²) >= 11 is 0. The fraction of sp³-hybridized carbons (Fsp3) is 0.588. The van der Waals surface area contributed by atoms with E-state index in [1.165, 1.54) is 12.1 Å². The third-order valence-corrected chi connectivity index (χ3v) is 5.14. The van der Waals surface area contributed by atoms with Crippen LogP contribution in [0, 0.1) is 11.7 Å². The zero-order valence-electron chi connectivity index (χ0n) is 14.4. The van der Waals surface area contributed by atoms with Gasteiger partial charge in [-0.3, -0.25) is 4.18 Å². The van der Waals surface area contributed by atoms with Crippen LogP contribution in [0.5, 0.6) is 0 Å². The molecule has 1 aromatic carbocycles. The summed E-state index contributed by atoms with van der Waals surface area (Å²) in [6.45, 7) is 4.80. The zero-order chi connectivity index (χ0) is 18.0. The fourth-order valence-electron chi connectivity index (χ4n) is 3.35. The summed E-state index contributed by atoms with van der Waals surface area (Å²) in [5.41, 5.74) is 1.40. The predicted octanol–water partition coefficient (Wildman–Crippen LogP) is 2.76. The maximum absolute atomic E-state index is 13.3. The molecule has 25 heavy (non-hydrogen) atoms. The number of likely N-dealkylation sites (tertiary alicyclic amines) is 1. The van der Waals surface area contributed by atoms with Crippen LogP contribution in [0.15, 0.2) is 22.7 Å². The molecule has 6 nitrogen and oxygen atoms in total. The van der Waals surface area contributed by atoms with Gasteiger partial charge in [-0.1, -0.05) is 12.1 Å². The molecule has 0 N–H and O–H groups in total. The van der Waals surface area contributed by atoms with E-state index < -0.39 is 10.1 Å². The van der Waals surface area contributed by atoms with Gasteiger partial charge in [0.1, 0.15) is 5.82 Å². The third kappa shape index (κ3) is 4.77. The van der Waals surface area contributed by atoms with Crippen LogP contribution in [0.2, 0.25) is 0 Å². The van der Waals surface area contributed by atoms with E-state index in [2.05, 4.69) is 10.1 Å². The molecule has 0 radical (unpaired) electrons. The maximum atomic E-state index is 13.3. The molecule has 1 aliphatic rings. The van der Waals surface area contributed by atoms with E-state index in [-0.39, 0.29) is 18.3 Å². The normalized spacial score (nSPS) is 18.7. The summed E-state index contributed by atoms with van der Waals surface area (Å²) in [6.07, 6.45) is 2.96. The van der Waals surface area contributed by atoms with Crippen LogP contribution in [0.3, 0.4) is 0 Å². The van der Waals surface area contributed by atoms with Crippen molar-refractivity contribution in [2.45, 2.75) is 25.7 Å². The molecule has 0 saturated carbocycles. The number of piperidine rings is 1. The molecular weight excluding hydrogens is 347 g/mol. The average molecular weight is 370 g/mol. The summed E-state index contributed by atoms with van der Waals surface area (Å²) in [6, 6.07) is 4.53. The van der Waals surface area contributed by atoms with E-state index >= 15 is 0 Å². The highest BCUT2D eigenvalue weighted by molar-refractivity contribution is 7.85. The smallest absolute Gasteiger partial charge is 0.264 e. The maximum Gasteiger partial charge on any atom is 0.264 e. The van der Waals surface area contributed by atoms with Crippen molar-refractivity contribution in [2.24, 2.45) is 5.92 Å². The highest BCUT2D eigenvalue weighted by atomic mass is 32.2. The van der Waals surface area contributed by atoms with Gasteiger partial charge in [-0.2, -0.15) is 8.42 Å². The van der Waals surface area contributed by atoms with Crippen LogP contribution in [0.4, 0.5) is 4.39 Å². The lowest BCUT2D eigenvalue weighted by Gasteiger charge is -2.32. The lowest BCUT2D eigenvalue weighted by molar-refractivity contribution is 0.158. The standard InChI is InChI=1S/C17H23FN2O4S/c1-12(11-23-25(2,21)22)10-20-7-5-13(6-8-20)17-15-4-3-14(18)9-16(15)24-19-17/h3-4,9,12-13H,5-8,10-11H2,1-2H3/t12-/m0/s1. The van der Waals surface area contributed by atoms with Gasteiger partial charge in [0.15, 0.2) is 5.58 Å². The van der Waals surface area contributed by atoms with Gasteiger partial charge < -0.3 is 9.42 Å². The van der Waals surface area contributed by atoms with E-state index in [1.54, 1.807) is 6.07 Å². The zero-order valence-corrected chi connectivity index (χ0v) is 15.3. The van der Waals surface area contributed by atoms with Crippen molar-refractivity contribution in [3.8, 4) is 0 Å².